The first kappa shape index (κ1) is 18.8. The van der Waals surface area contributed by atoms with Crippen molar-refractivity contribution in [2.45, 2.75) is 17.4 Å². The number of benzene rings is 2. The van der Waals surface area contributed by atoms with Crippen molar-refractivity contribution in [3.05, 3.63) is 48.5 Å². The Kier molecular flexibility index (Phi) is 5.41. The smallest absolute Gasteiger partial charge is 0.461 e. The number of anilines is 1. The summed E-state index contributed by atoms with van der Waals surface area (Å²) in [6.07, 6.45) is -8.71. The van der Waals surface area contributed by atoms with E-state index in [1.54, 1.807) is 0 Å². The molecule has 0 saturated carbocycles. The Morgan fingerprint density at radius 1 is 1.04 bits per heavy atom. The third-order valence-corrected chi connectivity index (χ3v) is 4.36. The third kappa shape index (κ3) is 4.75. The molecule has 2 rings (SSSR count). The van der Waals surface area contributed by atoms with E-state index in [2.05, 4.69) is 9.46 Å². The minimum Gasteiger partial charge on any atom is -0.497 e. The van der Waals surface area contributed by atoms with E-state index in [-0.39, 0.29) is 10.6 Å². The Hall–Kier alpha value is -2.49. The average Bonchev–Trinajstić information content (AvgIpc) is 2.54. The number of methoxy groups -OCH3 is 1. The molecule has 1 N–H and O–H groups in total. The molecule has 0 bridgehead atoms. The monoisotopic (exact) mass is 379 g/mol. The number of ether oxygens (including phenoxy) is 2. The van der Waals surface area contributed by atoms with E-state index in [1.807, 2.05) is 0 Å². The van der Waals surface area contributed by atoms with Crippen molar-refractivity contribution < 1.29 is 35.5 Å². The molecule has 2 aromatic carbocycles. The van der Waals surface area contributed by atoms with Crippen molar-refractivity contribution in [1.82, 2.24) is 0 Å². The van der Waals surface area contributed by atoms with Gasteiger partial charge in [-0.2, -0.15) is 17.6 Å². The zero-order chi connectivity index (χ0) is 18.7. The van der Waals surface area contributed by atoms with Gasteiger partial charge >= 0.3 is 12.5 Å². The molecule has 5 nitrogen and oxygen atoms in total. The standard InChI is InChI=1S/C15H13F4NO4S/c1-23-11-5-7-13(8-6-11)25(21,22)20-10-3-2-4-12(9-10)24-15(18,19)14(16)17/h2-9,14,20H,1H3. The van der Waals surface area contributed by atoms with Crippen LogP contribution in [-0.4, -0.2) is 28.1 Å². The van der Waals surface area contributed by atoms with E-state index in [1.165, 1.54) is 43.5 Å². The Morgan fingerprint density at radius 3 is 2.24 bits per heavy atom. The molecule has 0 fully saturated rings. The highest BCUT2D eigenvalue weighted by molar-refractivity contribution is 7.92. The summed E-state index contributed by atoms with van der Waals surface area (Å²) in [6, 6.07) is 9.74. The van der Waals surface area contributed by atoms with Crippen molar-refractivity contribution in [3.63, 3.8) is 0 Å². The number of nitrogens with one attached hydrogen (secondary N) is 1. The van der Waals surface area contributed by atoms with Crippen LogP contribution in [0.5, 0.6) is 11.5 Å². The molecule has 25 heavy (non-hydrogen) atoms. The molecule has 0 aliphatic rings. The van der Waals surface area contributed by atoms with E-state index >= 15 is 0 Å². The fourth-order valence-corrected chi connectivity index (χ4v) is 2.84. The maximum atomic E-state index is 12.9. The predicted molar refractivity (Wildman–Crippen MR) is 81.8 cm³/mol. The van der Waals surface area contributed by atoms with Gasteiger partial charge in [0, 0.05) is 6.07 Å². The summed E-state index contributed by atoms with van der Waals surface area (Å²) in [4.78, 5) is -0.0995. The van der Waals surface area contributed by atoms with Crippen molar-refractivity contribution in [2.24, 2.45) is 0 Å². The summed E-state index contributed by atoms with van der Waals surface area (Å²) < 4.78 is 85.6. The maximum absolute atomic E-state index is 12.9. The topological polar surface area (TPSA) is 64.6 Å². The molecular weight excluding hydrogens is 366 g/mol. The van der Waals surface area contributed by atoms with Crippen LogP contribution < -0.4 is 14.2 Å². The summed E-state index contributed by atoms with van der Waals surface area (Å²) in [5.74, 6) is -0.163. The molecule has 0 radical (unpaired) electrons. The van der Waals surface area contributed by atoms with Crippen LogP contribution in [0.4, 0.5) is 23.2 Å². The normalized spacial score (nSPS) is 12.1. The van der Waals surface area contributed by atoms with Gasteiger partial charge in [0.2, 0.25) is 0 Å². The van der Waals surface area contributed by atoms with Crippen LogP contribution in [0.3, 0.4) is 0 Å². The van der Waals surface area contributed by atoms with Crippen LogP contribution in [0.2, 0.25) is 0 Å². The number of hydrogen-bond acceptors (Lipinski definition) is 4. The van der Waals surface area contributed by atoms with Crippen LogP contribution in [0, 0.1) is 0 Å². The van der Waals surface area contributed by atoms with E-state index in [0.29, 0.717) is 5.75 Å². The lowest BCUT2D eigenvalue weighted by atomic mass is 10.3. The molecular formula is C15H13F4NO4S. The second kappa shape index (κ2) is 7.18. The summed E-state index contributed by atoms with van der Waals surface area (Å²) in [6.45, 7) is 0. The summed E-state index contributed by atoms with van der Waals surface area (Å²) in [7, 11) is -2.59. The van der Waals surface area contributed by atoms with Crippen molar-refractivity contribution in [2.75, 3.05) is 11.8 Å². The van der Waals surface area contributed by atoms with Gasteiger partial charge in [0.25, 0.3) is 10.0 Å². The van der Waals surface area contributed by atoms with E-state index in [9.17, 15) is 26.0 Å². The molecule has 0 heterocycles. The molecule has 0 spiro atoms. The van der Waals surface area contributed by atoms with Crippen LogP contribution in [0.15, 0.2) is 53.4 Å². The molecule has 0 aliphatic heterocycles. The second-order valence-corrected chi connectivity index (χ2v) is 6.46. The van der Waals surface area contributed by atoms with E-state index in [4.69, 9.17) is 4.74 Å². The van der Waals surface area contributed by atoms with Gasteiger partial charge in [0.1, 0.15) is 11.5 Å². The largest absolute Gasteiger partial charge is 0.497 e. The minimum atomic E-state index is -4.69. The average molecular weight is 379 g/mol. The molecule has 0 aromatic heterocycles. The highest BCUT2D eigenvalue weighted by Gasteiger charge is 2.44. The summed E-state index contributed by atoms with van der Waals surface area (Å²) in [5.41, 5.74) is -0.126. The molecule has 0 saturated heterocycles. The van der Waals surface area contributed by atoms with Crippen molar-refractivity contribution in [1.29, 1.82) is 0 Å². The molecule has 2 aromatic rings. The van der Waals surface area contributed by atoms with Gasteiger partial charge in [-0.05, 0) is 36.4 Å². The summed E-state index contributed by atoms with van der Waals surface area (Å²) in [5, 5.41) is 0. The lowest BCUT2D eigenvalue weighted by Crippen LogP contribution is -2.33. The van der Waals surface area contributed by atoms with E-state index in [0.717, 1.165) is 12.1 Å². The van der Waals surface area contributed by atoms with Crippen molar-refractivity contribution in [3.8, 4) is 11.5 Å². The lowest BCUT2D eigenvalue weighted by molar-refractivity contribution is -0.253. The number of halogens is 4. The Bertz CT molecular complexity index is 826. The number of alkyl halides is 4. The second-order valence-electron chi connectivity index (χ2n) is 4.77. The highest BCUT2D eigenvalue weighted by atomic mass is 32.2. The van der Waals surface area contributed by atoms with Gasteiger partial charge in [-0.25, -0.2) is 8.42 Å². The maximum Gasteiger partial charge on any atom is 0.461 e. The van der Waals surface area contributed by atoms with Gasteiger partial charge in [-0.1, -0.05) is 6.07 Å². The molecule has 10 heteroatoms. The zero-order valence-corrected chi connectivity index (χ0v) is 13.6. The SMILES string of the molecule is COc1ccc(S(=O)(=O)Nc2cccc(OC(F)(F)C(F)F)c2)cc1. The van der Waals surface area contributed by atoms with Gasteiger partial charge in [0.15, 0.2) is 0 Å². The highest BCUT2D eigenvalue weighted by Crippen LogP contribution is 2.29. The van der Waals surface area contributed by atoms with Crippen LogP contribution in [0.1, 0.15) is 0 Å². The summed E-state index contributed by atoms with van der Waals surface area (Å²) >= 11 is 0. The van der Waals surface area contributed by atoms with E-state index < -0.39 is 28.3 Å². The number of sulfonamides is 1. The molecule has 0 unspecified atom stereocenters. The molecule has 0 amide bonds. The van der Waals surface area contributed by atoms with Crippen molar-refractivity contribution >= 4 is 15.7 Å². The number of hydrogen-bond donors (Lipinski definition) is 1. The first-order chi connectivity index (χ1) is 11.6. The molecule has 0 atom stereocenters. The fraction of sp³-hybridized carbons (Fsp3) is 0.200. The third-order valence-electron chi connectivity index (χ3n) is 2.96. The first-order valence-electron chi connectivity index (χ1n) is 6.76. The first-order valence-corrected chi connectivity index (χ1v) is 8.24. The number of rotatable bonds is 7. The minimum absolute atomic E-state index is 0.0995. The van der Waals surface area contributed by atoms with Gasteiger partial charge in [-0.3, -0.25) is 4.72 Å². The van der Waals surface area contributed by atoms with Crippen LogP contribution in [0.25, 0.3) is 0 Å². The van der Waals surface area contributed by atoms with Gasteiger partial charge in [0.05, 0.1) is 17.7 Å². The van der Waals surface area contributed by atoms with Crippen LogP contribution in [-0.2, 0) is 10.0 Å². The quantitative estimate of drug-likeness (QED) is 0.745. The Labute approximate surface area is 141 Å². The zero-order valence-electron chi connectivity index (χ0n) is 12.7. The fourth-order valence-electron chi connectivity index (χ4n) is 1.79. The van der Waals surface area contributed by atoms with Crippen LogP contribution >= 0.6 is 0 Å². The predicted octanol–water partition coefficient (Wildman–Crippen LogP) is 3.73. The van der Waals surface area contributed by atoms with Gasteiger partial charge < -0.3 is 9.47 Å². The van der Waals surface area contributed by atoms with Gasteiger partial charge in [-0.15, -0.1) is 0 Å². The molecule has 0 aliphatic carbocycles. The Balaban J connectivity index is 2.20. The Morgan fingerprint density at radius 2 is 1.68 bits per heavy atom. The molecule has 136 valence electrons. The lowest BCUT2D eigenvalue weighted by Gasteiger charge is -2.17.